The van der Waals surface area contributed by atoms with Crippen LogP contribution in [0.5, 0.6) is 0 Å². The Hall–Kier alpha value is -2.87. The number of rotatable bonds is 2. The summed E-state index contributed by atoms with van der Waals surface area (Å²) < 4.78 is 0. The van der Waals surface area contributed by atoms with Gasteiger partial charge in [0.05, 0.1) is 11.6 Å². The van der Waals surface area contributed by atoms with E-state index < -0.39 is 0 Å². The van der Waals surface area contributed by atoms with Crippen LogP contribution in [0.3, 0.4) is 0 Å². The molecule has 0 unspecified atom stereocenters. The SMILES string of the molecule is CC(=O)N1C[C@H]2CN(c3ccc(C#N)cn3)C[C@H]2[C@H]1c1ccccc1. The van der Waals surface area contributed by atoms with Crippen molar-refractivity contribution in [3.63, 3.8) is 0 Å². The largest absolute Gasteiger partial charge is 0.356 e. The molecular weight excluding hydrogens is 312 g/mol. The van der Waals surface area contributed by atoms with Crippen molar-refractivity contribution in [1.29, 1.82) is 5.26 Å². The summed E-state index contributed by atoms with van der Waals surface area (Å²) in [5.41, 5.74) is 1.79. The minimum absolute atomic E-state index is 0.132. The molecule has 2 aliphatic heterocycles. The van der Waals surface area contributed by atoms with Crippen molar-refractivity contribution in [2.45, 2.75) is 13.0 Å². The van der Waals surface area contributed by atoms with Gasteiger partial charge in [-0.05, 0) is 17.7 Å². The molecule has 2 aromatic rings. The Morgan fingerprint density at radius 3 is 2.60 bits per heavy atom. The molecule has 0 spiro atoms. The standard InChI is InChI=1S/C20H20N4O/c1-14(25)24-12-17-11-23(19-8-7-15(9-21)10-22-19)13-18(17)20(24)16-5-3-2-4-6-16/h2-8,10,17-18,20H,11-13H2,1H3/t17-,18-,20-/m1/s1. The summed E-state index contributed by atoms with van der Waals surface area (Å²) in [5, 5.41) is 8.93. The zero-order chi connectivity index (χ0) is 17.4. The maximum Gasteiger partial charge on any atom is 0.219 e. The summed E-state index contributed by atoms with van der Waals surface area (Å²) in [6, 6.07) is 16.3. The highest BCUT2D eigenvalue weighted by Crippen LogP contribution is 2.45. The third-order valence-corrected chi connectivity index (χ3v) is 5.41. The molecule has 0 aliphatic carbocycles. The van der Waals surface area contributed by atoms with Gasteiger partial charge in [0.15, 0.2) is 0 Å². The Balaban J connectivity index is 1.60. The lowest BCUT2D eigenvalue weighted by molar-refractivity contribution is -0.130. The van der Waals surface area contributed by atoms with Crippen LogP contribution in [0.2, 0.25) is 0 Å². The van der Waals surface area contributed by atoms with Crippen LogP contribution < -0.4 is 4.90 Å². The van der Waals surface area contributed by atoms with E-state index in [-0.39, 0.29) is 11.9 Å². The summed E-state index contributed by atoms with van der Waals surface area (Å²) in [7, 11) is 0. The molecule has 2 aliphatic rings. The van der Waals surface area contributed by atoms with Crippen molar-refractivity contribution in [3.05, 3.63) is 59.8 Å². The molecule has 0 bridgehead atoms. The molecule has 0 N–H and O–H groups in total. The minimum Gasteiger partial charge on any atom is -0.356 e. The topological polar surface area (TPSA) is 60.2 Å². The van der Waals surface area contributed by atoms with E-state index in [0.29, 0.717) is 17.4 Å². The second kappa shape index (κ2) is 6.21. The Morgan fingerprint density at radius 1 is 1.16 bits per heavy atom. The van der Waals surface area contributed by atoms with Crippen LogP contribution in [-0.2, 0) is 4.79 Å². The smallest absolute Gasteiger partial charge is 0.219 e. The van der Waals surface area contributed by atoms with Crippen molar-refractivity contribution >= 4 is 11.7 Å². The van der Waals surface area contributed by atoms with E-state index in [9.17, 15) is 4.79 Å². The number of amides is 1. The average Bonchev–Trinajstić information content (AvgIpc) is 3.20. The molecule has 1 aromatic heterocycles. The average molecular weight is 332 g/mol. The molecule has 5 heteroatoms. The van der Waals surface area contributed by atoms with E-state index in [1.165, 1.54) is 5.56 Å². The van der Waals surface area contributed by atoms with Crippen molar-refractivity contribution < 1.29 is 4.79 Å². The predicted octanol–water partition coefficient (Wildman–Crippen LogP) is 2.61. The molecule has 126 valence electrons. The monoisotopic (exact) mass is 332 g/mol. The number of anilines is 1. The number of carbonyl (C=O) groups is 1. The number of hydrogen-bond donors (Lipinski definition) is 0. The number of nitrogens with zero attached hydrogens (tertiary/aromatic N) is 4. The highest BCUT2D eigenvalue weighted by Gasteiger charge is 2.48. The molecule has 4 rings (SSSR count). The van der Waals surface area contributed by atoms with E-state index in [2.05, 4.69) is 28.1 Å². The summed E-state index contributed by atoms with van der Waals surface area (Å²) in [4.78, 5) is 20.9. The maximum atomic E-state index is 12.2. The third kappa shape index (κ3) is 2.74. The van der Waals surface area contributed by atoms with Gasteiger partial charge in [0.1, 0.15) is 11.9 Å². The van der Waals surface area contributed by atoms with Crippen LogP contribution in [0.1, 0.15) is 24.1 Å². The molecule has 1 amide bonds. The Morgan fingerprint density at radius 2 is 1.96 bits per heavy atom. The van der Waals surface area contributed by atoms with Crippen LogP contribution in [0.4, 0.5) is 5.82 Å². The van der Waals surface area contributed by atoms with Gasteiger partial charge in [-0.15, -0.1) is 0 Å². The van der Waals surface area contributed by atoms with E-state index in [1.54, 1.807) is 13.1 Å². The van der Waals surface area contributed by atoms with E-state index in [1.807, 2.05) is 35.2 Å². The van der Waals surface area contributed by atoms with Crippen LogP contribution in [-0.4, -0.2) is 35.4 Å². The Kier molecular flexibility index (Phi) is 3.89. The molecule has 0 saturated carbocycles. The number of hydrogen-bond acceptors (Lipinski definition) is 4. The van der Waals surface area contributed by atoms with Crippen LogP contribution >= 0.6 is 0 Å². The molecule has 5 nitrogen and oxygen atoms in total. The summed E-state index contributed by atoms with van der Waals surface area (Å²) in [5.74, 6) is 1.91. The third-order valence-electron chi connectivity index (χ3n) is 5.41. The van der Waals surface area contributed by atoms with Gasteiger partial charge in [0.25, 0.3) is 0 Å². The fourth-order valence-electron chi connectivity index (χ4n) is 4.27. The molecule has 0 radical (unpaired) electrons. The fraction of sp³-hybridized carbons (Fsp3) is 0.350. The number of aromatic nitrogens is 1. The number of pyridine rings is 1. The zero-order valence-corrected chi connectivity index (χ0v) is 14.2. The highest BCUT2D eigenvalue weighted by atomic mass is 16.2. The molecular formula is C20H20N4O. The lowest BCUT2D eigenvalue weighted by Gasteiger charge is -2.29. The zero-order valence-electron chi connectivity index (χ0n) is 14.2. The van der Waals surface area contributed by atoms with Gasteiger partial charge in [-0.25, -0.2) is 4.98 Å². The van der Waals surface area contributed by atoms with Crippen molar-refractivity contribution in [2.24, 2.45) is 11.8 Å². The van der Waals surface area contributed by atoms with E-state index in [0.717, 1.165) is 25.5 Å². The van der Waals surface area contributed by atoms with Gasteiger partial charge in [-0.3, -0.25) is 4.79 Å². The van der Waals surface area contributed by atoms with Crippen LogP contribution in [0.15, 0.2) is 48.7 Å². The van der Waals surface area contributed by atoms with Crippen molar-refractivity contribution in [1.82, 2.24) is 9.88 Å². The second-order valence-electron chi connectivity index (χ2n) is 6.87. The lowest BCUT2D eigenvalue weighted by atomic mass is 9.89. The van der Waals surface area contributed by atoms with Crippen LogP contribution in [0, 0.1) is 23.2 Å². The number of carbonyl (C=O) groups excluding carboxylic acids is 1. The molecule has 2 saturated heterocycles. The quantitative estimate of drug-likeness (QED) is 0.848. The molecule has 3 heterocycles. The number of nitriles is 1. The molecule has 25 heavy (non-hydrogen) atoms. The maximum absolute atomic E-state index is 12.2. The van der Waals surface area contributed by atoms with Crippen LogP contribution in [0.25, 0.3) is 0 Å². The second-order valence-corrected chi connectivity index (χ2v) is 6.87. The van der Waals surface area contributed by atoms with Gasteiger partial charge in [-0.2, -0.15) is 5.26 Å². The first-order chi connectivity index (χ1) is 12.2. The number of fused-ring (bicyclic) bond motifs is 1. The normalized spacial score (nSPS) is 24.9. The fourth-order valence-corrected chi connectivity index (χ4v) is 4.27. The van der Waals surface area contributed by atoms with Gasteiger partial charge >= 0.3 is 0 Å². The highest BCUT2D eigenvalue weighted by molar-refractivity contribution is 5.74. The first-order valence-electron chi connectivity index (χ1n) is 8.60. The lowest BCUT2D eigenvalue weighted by Crippen LogP contribution is -2.34. The first-order valence-corrected chi connectivity index (χ1v) is 8.60. The predicted molar refractivity (Wildman–Crippen MR) is 94.7 cm³/mol. The van der Waals surface area contributed by atoms with Gasteiger partial charge in [-0.1, -0.05) is 30.3 Å². The Labute approximate surface area is 147 Å². The van der Waals surface area contributed by atoms with Gasteiger partial charge in [0.2, 0.25) is 5.91 Å². The number of likely N-dealkylation sites (tertiary alicyclic amines) is 1. The molecule has 3 atom stereocenters. The van der Waals surface area contributed by atoms with Gasteiger partial charge in [0, 0.05) is 44.6 Å². The Bertz CT molecular complexity index is 812. The van der Waals surface area contributed by atoms with Crippen molar-refractivity contribution in [2.75, 3.05) is 24.5 Å². The van der Waals surface area contributed by atoms with Gasteiger partial charge < -0.3 is 9.80 Å². The summed E-state index contributed by atoms with van der Waals surface area (Å²) in [6.45, 7) is 4.24. The minimum atomic E-state index is 0.132. The molecule has 2 fully saturated rings. The summed E-state index contributed by atoms with van der Waals surface area (Å²) in [6.07, 6.45) is 1.62. The van der Waals surface area contributed by atoms with Crippen molar-refractivity contribution in [3.8, 4) is 6.07 Å². The number of benzene rings is 1. The first kappa shape index (κ1) is 15.6. The van der Waals surface area contributed by atoms with E-state index in [4.69, 9.17) is 5.26 Å². The summed E-state index contributed by atoms with van der Waals surface area (Å²) >= 11 is 0. The molecule has 1 aromatic carbocycles. The van der Waals surface area contributed by atoms with E-state index >= 15 is 0 Å².